The second-order valence-corrected chi connectivity index (χ2v) is 7.44. The summed E-state index contributed by atoms with van der Waals surface area (Å²) in [5.41, 5.74) is -3.65. The Hall–Kier alpha value is -2.85. The van der Waals surface area contributed by atoms with Crippen molar-refractivity contribution in [2.45, 2.75) is 51.2 Å². The number of carboxylic acids is 1. The standard InChI is InChI=1S/C21H24N2O5/c1-5-20-14-10-8-7-9-13(14)16(24)21(20,18(27)28-6-2)19(4,11-22)23-12(3)15(20)17(25)26/h7-10,16,23-24H,5-6H2,1-4H3,(H,25,26)/t16-,19-,20?,21-/m1/s1. The first-order chi connectivity index (χ1) is 13.2. The Labute approximate surface area is 163 Å². The second-order valence-electron chi connectivity index (χ2n) is 7.44. The van der Waals surface area contributed by atoms with Crippen molar-refractivity contribution in [2.24, 2.45) is 5.41 Å². The lowest BCUT2D eigenvalue weighted by molar-refractivity contribution is -0.178. The van der Waals surface area contributed by atoms with Crippen LogP contribution in [0.4, 0.5) is 0 Å². The third-order valence-electron chi connectivity index (χ3n) is 6.39. The van der Waals surface area contributed by atoms with Crippen LogP contribution in [-0.2, 0) is 19.7 Å². The molecule has 0 fully saturated rings. The van der Waals surface area contributed by atoms with E-state index in [0.29, 0.717) is 16.8 Å². The zero-order valence-electron chi connectivity index (χ0n) is 16.4. The number of benzene rings is 1. The molecule has 3 rings (SSSR count). The molecule has 7 heteroatoms. The van der Waals surface area contributed by atoms with Gasteiger partial charge in [0.2, 0.25) is 0 Å². The average Bonchev–Trinajstić information content (AvgIpc) is 2.89. The molecule has 1 aromatic carbocycles. The Balaban J connectivity index is 2.58. The predicted molar refractivity (Wildman–Crippen MR) is 99.9 cm³/mol. The van der Waals surface area contributed by atoms with Crippen LogP contribution in [0.15, 0.2) is 35.5 Å². The number of ether oxygens (including phenoxy) is 1. The van der Waals surface area contributed by atoms with Crippen LogP contribution in [0.25, 0.3) is 0 Å². The fourth-order valence-electron chi connectivity index (χ4n) is 5.53. The van der Waals surface area contributed by atoms with Crippen LogP contribution in [-0.4, -0.2) is 34.3 Å². The van der Waals surface area contributed by atoms with E-state index in [1.165, 1.54) is 6.92 Å². The van der Waals surface area contributed by atoms with E-state index in [1.54, 1.807) is 45.0 Å². The first kappa shape index (κ1) is 19.9. The Morgan fingerprint density at radius 2 is 1.96 bits per heavy atom. The van der Waals surface area contributed by atoms with Gasteiger partial charge >= 0.3 is 11.9 Å². The molecule has 0 saturated carbocycles. The number of rotatable bonds is 4. The van der Waals surface area contributed by atoms with Gasteiger partial charge in [0.25, 0.3) is 0 Å². The maximum atomic E-state index is 13.5. The van der Waals surface area contributed by atoms with Crippen LogP contribution in [0.3, 0.4) is 0 Å². The summed E-state index contributed by atoms with van der Waals surface area (Å²) in [5, 5.41) is 34.6. The lowest BCUT2D eigenvalue weighted by Gasteiger charge is -2.56. The zero-order chi connectivity index (χ0) is 20.9. The molecular weight excluding hydrogens is 360 g/mol. The topological polar surface area (TPSA) is 120 Å². The van der Waals surface area contributed by atoms with Gasteiger partial charge in [0.15, 0.2) is 0 Å². The molecule has 0 bridgehead atoms. The molecule has 0 spiro atoms. The molecule has 4 atom stereocenters. The van der Waals surface area contributed by atoms with Gasteiger partial charge in [-0.05, 0) is 38.3 Å². The van der Waals surface area contributed by atoms with E-state index >= 15 is 0 Å². The van der Waals surface area contributed by atoms with E-state index in [4.69, 9.17) is 4.74 Å². The summed E-state index contributed by atoms with van der Waals surface area (Å²) in [5.74, 6) is -1.99. The molecule has 7 nitrogen and oxygen atoms in total. The van der Waals surface area contributed by atoms with Gasteiger partial charge in [-0.15, -0.1) is 0 Å². The van der Waals surface area contributed by atoms with Crippen LogP contribution in [0.5, 0.6) is 0 Å². The molecule has 3 N–H and O–H groups in total. The summed E-state index contributed by atoms with van der Waals surface area (Å²) in [6, 6.07) is 9.00. The van der Waals surface area contributed by atoms with Gasteiger partial charge in [0.05, 0.1) is 23.7 Å². The van der Waals surface area contributed by atoms with E-state index in [2.05, 4.69) is 11.4 Å². The minimum atomic E-state index is -1.86. The number of aliphatic carboxylic acids is 1. The highest BCUT2D eigenvalue weighted by Gasteiger charge is 2.78. The molecule has 0 amide bonds. The maximum absolute atomic E-state index is 13.5. The second kappa shape index (κ2) is 6.35. The summed E-state index contributed by atoms with van der Waals surface area (Å²) in [4.78, 5) is 25.9. The smallest absolute Gasteiger partial charge is 0.334 e. The highest BCUT2D eigenvalue weighted by atomic mass is 16.5. The summed E-state index contributed by atoms with van der Waals surface area (Å²) in [6.07, 6.45) is -1.22. The lowest BCUT2D eigenvalue weighted by Crippen LogP contribution is -2.71. The number of carbonyl (C=O) groups excluding carboxylic acids is 1. The van der Waals surface area contributed by atoms with Crippen LogP contribution in [0, 0.1) is 16.7 Å². The largest absolute Gasteiger partial charge is 0.478 e. The van der Waals surface area contributed by atoms with Gasteiger partial charge in [-0.2, -0.15) is 5.26 Å². The lowest BCUT2D eigenvalue weighted by atomic mass is 9.48. The fourth-order valence-corrected chi connectivity index (χ4v) is 5.53. The molecule has 1 aromatic rings. The normalized spacial score (nSPS) is 33.4. The number of hydrogen-bond donors (Lipinski definition) is 3. The van der Waals surface area contributed by atoms with Gasteiger partial charge in [-0.3, -0.25) is 4.79 Å². The Morgan fingerprint density at radius 3 is 2.50 bits per heavy atom. The average molecular weight is 384 g/mol. The molecular formula is C21H24N2O5. The number of nitriles is 1. The first-order valence-corrected chi connectivity index (χ1v) is 9.28. The van der Waals surface area contributed by atoms with Crippen molar-refractivity contribution in [3.63, 3.8) is 0 Å². The molecule has 0 aromatic heterocycles. The highest BCUT2D eigenvalue weighted by Crippen LogP contribution is 2.69. The summed E-state index contributed by atoms with van der Waals surface area (Å²) in [6.45, 7) is 6.54. The van der Waals surface area contributed by atoms with Crippen molar-refractivity contribution in [2.75, 3.05) is 6.61 Å². The van der Waals surface area contributed by atoms with Crippen molar-refractivity contribution in [3.05, 3.63) is 46.7 Å². The summed E-state index contributed by atoms with van der Waals surface area (Å²) in [7, 11) is 0. The molecule has 1 unspecified atom stereocenters. The monoisotopic (exact) mass is 384 g/mol. The Kier molecular flexibility index (Phi) is 4.51. The SMILES string of the molecule is CCOC(=O)[C@@]12[C@H](O)c3ccccc3C1(CC)C(C(=O)O)=C(C)N[C@]2(C)C#N. The third kappa shape index (κ3) is 1.96. The Morgan fingerprint density at radius 1 is 1.32 bits per heavy atom. The number of hydrogen-bond acceptors (Lipinski definition) is 6. The van der Waals surface area contributed by atoms with Crippen LogP contribution in [0.2, 0.25) is 0 Å². The summed E-state index contributed by atoms with van der Waals surface area (Å²) < 4.78 is 5.37. The number of fused-ring (bicyclic) bond motifs is 3. The van der Waals surface area contributed by atoms with Crippen molar-refractivity contribution >= 4 is 11.9 Å². The van der Waals surface area contributed by atoms with E-state index < -0.39 is 34.4 Å². The molecule has 148 valence electrons. The predicted octanol–water partition coefficient (Wildman–Crippen LogP) is 2.17. The molecule has 1 heterocycles. The van der Waals surface area contributed by atoms with Gasteiger partial charge in [0, 0.05) is 5.70 Å². The van der Waals surface area contributed by atoms with Crippen molar-refractivity contribution in [1.82, 2.24) is 5.32 Å². The highest BCUT2D eigenvalue weighted by molar-refractivity contribution is 5.98. The maximum Gasteiger partial charge on any atom is 0.334 e. The van der Waals surface area contributed by atoms with Crippen molar-refractivity contribution < 1.29 is 24.5 Å². The number of aliphatic hydroxyl groups is 1. The minimum Gasteiger partial charge on any atom is -0.478 e. The third-order valence-corrected chi connectivity index (χ3v) is 6.39. The number of carbonyl (C=O) groups is 2. The van der Waals surface area contributed by atoms with E-state index in [-0.39, 0.29) is 18.6 Å². The van der Waals surface area contributed by atoms with E-state index in [1.807, 2.05) is 0 Å². The molecule has 1 aliphatic carbocycles. The minimum absolute atomic E-state index is 0.0280. The number of allylic oxidation sites excluding steroid dienone is 1. The number of carboxylic acid groups (broad SMARTS) is 1. The zero-order valence-corrected chi connectivity index (χ0v) is 16.4. The van der Waals surface area contributed by atoms with E-state index in [9.17, 15) is 25.1 Å². The molecule has 0 radical (unpaired) electrons. The fraction of sp³-hybridized carbons (Fsp3) is 0.476. The number of nitrogens with one attached hydrogen (secondary N) is 1. The van der Waals surface area contributed by atoms with Gasteiger partial charge < -0.3 is 20.3 Å². The molecule has 1 aliphatic heterocycles. The van der Waals surface area contributed by atoms with Gasteiger partial charge in [0.1, 0.15) is 17.1 Å². The van der Waals surface area contributed by atoms with Crippen molar-refractivity contribution in [3.8, 4) is 6.07 Å². The summed E-state index contributed by atoms with van der Waals surface area (Å²) >= 11 is 0. The van der Waals surface area contributed by atoms with Crippen LogP contribution >= 0.6 is 0 Å². The van der Waals surface area contributed by atoms with Crippen molar-refractivity contribution in [1.29, 1.82) is 5.26 Å². The van der Waals surface area contributed by atoms with Crippen LogP contribution < -0.4 is 5.32 Å². The number of esters is 1. The van der Waals surface area contributed by atoms with Gasteiger partial charge in [-0.25, -0.2) is 4.79 Å². The van der Waals surface area contributed by atoms with E-state index in [0.717, 1.165) is 0 Å². The first-order valence-electron chi connectivity index (χ1n) is 9.28. The van der Waals surface area contributed by atoms with Gasteiger partial charge in [-0.1, -0.05) is 31.2 Å². The number of aliphatic hydroxyl groups excluding tert-OH is 1. The number of nitrogens with zero attached hydrogens (tertiary/aromatic N) is 1. The quantitative estimate of drug-likeness (QED) is 0.681. The van der Waals surface area contributed by atoms with Crippen LogP contribution in [0.1, 0.15) is 51.3 Å². The molecule has 28 heavy (non-hydrogen) atoms. The Bertz CT molecular complexity index is 933. The molecule has 0 saturated heterocycles. The molecule has 2 aliphatic rings.